The maximum atomic E-state index is 7.12. The molecule has 10 heterocycles. The Balaban J connectivity index is 0.000000134. The molecule has 30 rings (SSSR count). The molecule has 0 spiro atoms. The van der Waals surface area contributed by atoms with Crippen molar-refractivity contribution in [2.24, 2.45) is 0 Å². The van der Waals surface area contributed by atoms with Crippen LogP contribution in [0.15, 0.2) is 470 Å². The Morgan fingerprint density at radius 1 is 0.136 bits per heavy atom. The molecule has 0 bridgehead atoms. The summed E-state index contributed by atoms with van der Waals surface area (Å²) in [6, 6.07) is 163. The average Bonchev–Trinajstić information content (AvgIpc) is 1.55. The molecule has 0 N–H and O–H groups in total. The van der Waals surface area contributed by atoms with Crippen LogP contribution in [-0.4, -0.2) is 57.3 Å². The SMILES string of the molecule is c1ccc(-c2nc(-c3ccccc3)nc(-c3cccc4c3oc3c(-n5c6ccccc6c6cc(-n7c8ccccc8c8cc(-n9c%10ccccc%10c%10ccccc%109)ccc87)ccc65)cccc34)n2)cc1.c1ccc(-c2nc(-c3ccccc3)nc(-c3cccc4c3oc3c(-n5c6ccccc6c6cc(-n7c8ccccc8c8cc(-n9c%10ccccc%10c%10ccccc%109)ccc87)ccc65)cccc34)n2)cc1. The molecule has 0 saturated heterocycles. The van der Waals surface area contributed by atoms with Gasteiger partial charge in [-0.15, -0.1) is 0 Å². The van der Waals surface area contributed by atoms with Crippen LogP contribution in [0.5, 0.6) is 0 Å². The molecule has 14 nitrogen and oxygen atoms in total. The summed E-state index contributed by atoms with van der Waals surface area (Å²) in [5, 5.41) is 18.5. The van der Waals surface area contributed by atoms with Gasteiger partial charge in [0.15, 0.2) is 46.1 Å². The van der Waals surface area contributed by atoms with Crippen LogP contribution >= 0.6 is 0 Å². The number of rotatable bonds is 12. The van der Waals surface area contributed by atoms with Gasteiger partial charge in [0.25, 0.3) is 0 Å². The van der Waals surface area contributed by atoms with E-state index in [1.807, 2.05) is 133 Å². The predicted octanol–water partition coefficient (Wildman–Crippen LogP) is 32.1. The molecule has 0 aliphatic carbocycles. The summed E-state index contributed by atoms with van der Waals surface area (Å²) < 4.78 is 28.6. The highest BCUT2D eigenvalue weighted by Gasteiger charge is 2.28. The molecule has 140 heavy (non-hydrogen) atoms. The zero-order valence-corrected chi connectivity index (χ0v) is 75.1. The number of para-hydroxylation sites is 12. The van der Waals surface area contributed by atoms with Crippen molar-refractivity contribution in [2.45, 2.75) is 0 Å². The van der Waals surface area contributed by atoms with Crippen molar-refractivity contribution >= 4 is 175 Å². The molecule has 0 saturated carbocycles. The first kappa shape index (κ1) is 78.3. The normalized spacial score (nSPS) is 12.0. The first-order valence-electron chi connectivity index (χ1n) is 47.2. The summed E-state index contributed by atoms with van der Waals surface area (Å²) in [5.74, 6) is 3.52. The number of nitrogens with zero attached hydrogens (tertiary/aromatic N) is 12. The van der Waals surface area contributed by atoms with Crippen molar-refractivity contribution in [2.75, 3.05) is 0 Å². The summed E-state index contributed by atoms with van der Waals surface area (Å²) in [5.41, 5.74) is 28.5. The molecule has 0 atom stereocenters. The molecule has 0 unspecified atom stereocenters. The number of hydrogen-bond acceptors (Lipinski definition) is 8. The second-order valence-electron chi connectivity index (χ2n) is 35.9. The van der Waals surface area contributed by atoms with Gasteiger partial charge in [0.2, 0.25) is 0 Å². The molecule has 0 aliphatic rings. The van der Waals surface area contributed by atoms with Crippen LogP contribution in [-0.2, 0) is 0 Å². The fraction of sp³-hybridized carbons (Fsp3) is 0. The number of furan rings is 2. The molecule has 0 radical (unpaired) electrons. The lowest BCUT2D eigenvalue weighted by Crippen LogP contribution is -2.00. The van der Waals surface area contributed by atoms with E-state index in [4.69, 9.17) is 38.7 Å². The Kier molecular flexibility index (Phi) is 17.5. The zero-order valence-electron chi connectivity index (χ0n) is 75.1. The van der Waals surface area contributed by atoms with Gasteiger partial charge < -0.3 is 36.2 Å². The van der Waals surface area contributed by atoms with E-state index in [1.165, 1.54) is 65.2 Å². The monoisotopic (exact) mass is 1790 g/mol. The van der Waals surface area contributed by atoms with E-state index >= 15 is 0 Å². The summed E-state index contributed by atoms with van der Waals surface area (Å²) in [6.45, 7) is 0. The van der Waals surface area contributed by atoms with Crippen LogP contribution < -0.4 is 0 Å². The molecular weight excluding hydrogens is 1710 g/mol. The molecule has 10 aromatic heterocycles. The second kappa shape index (κ2) is 31.2. The van der Waals surface area contributed by atoms with E-state index in [9.17, 15) is 0 Å². The zero-order chi connectivity index (χ0) is 91.7. The summed E-state index contributed by atoms with van der Waals surface area (Å²) >= 11 is 0. The van der Waals surface area contributed by atoms with Gasteiger partial charge in [-0.2, -0.15) is 0 Å². The van der Waals surface area contributed by atoms with E-state index in [0.717, 1.165) is 177 Å². The van der Waals surface area contributed by atoms with E-state index in [2.05, 4.69) is 355 Å². The number of hydrogen-bond donors (Lipinski definition) is 0. The Labute approximate surface area is 799 Å². The lowest BCUT2D eigenvalue weighted by Gasteiger charge is -2.11. The van der Waals surface area contributed by atoms with E-state index in [-0.39, 0.29) is 0 Å². The molecule has 0 amide bonds. The van der Waals surface area contributed by atoms with Crippen molar-refractivity contribution in [1.82, 2.24) is 57.3 Å². The van der Waals surface area contributed by atoms with E-state index in [0.29, 0.717) is 34.9 Å². The fourth-order valence-electron chi connectivity index (χ4n) is 22.0. The van der Waals surface area contributed by atoms with Gasteiger partial charge in [0, 0.05) is 131 Å². The van der Waals surface area contributed by atoms with Crippen LogP contribution in [0.4, 0.5) is 0 Å². The molecule has 30 aromatic rings. The van der Waals surface area contributed by atoms with Gasteiger partial charge in [-0.05, 0) is 146 Å². The number of benzene rings is 20. The topological polar surface area (TPSA) is 133 Å². The molecule has 652 valence electrons. The predicted molar refractivity (Wildman–Crippen MR) is 573 cm³/mol. The van der Waals surface area contributed by atoms with E-state index < -0.39 is 0 Å². The summed E-state index contributed by atoms with van der Waals surface area (Å²) in [6.07, 6.45) is 0. The highest BCUT2D eigenvalue weighted by molar-refractivity contribution is 6.20. The quantitative estimate of drug-likeness (QED) is 0.118. The van der Waals surface area contributed by atoms with Gasteiger partial charge in [0.1, 0.15) is 11.2 Å². The standard InChI is InChI=1S/2C63H38N6O/c2*1-3-17-39(18-4-1)61-64-62(40-19-5-2-6-20-40)66-63(65-61)49-27-15-25-47-48-26-16-32-58(60(48)70-59(47)49)69-55-31-14-10-24-46(55)51-38-42(34-36-57(51)69)68-54-30-13-9-23-45(54)50-37-41(33-35-56(50)68)67-52-28-11-7-21-43(52)44-22-8-12-29-53(44)67/h2*1-38H. The van der Waals surface area contributed by atoms with Crippen LogP contribution in [0.25, 0.3) is 277 Å². The second-order valence-corrected chi connectivity index (χ2v) is 35.9. The maximum absolute atomic E-state index is 7.12. The minimum Gasteiger partial charge on any atom is -0.453 e. The van der Waals surface area contributed by atoms with Gasteiger partial charge >= 0.3 is 0 Å². The molecule has 20 aromatic carbocycles. The minimum absolute atomic E-state index is 0.552. The Morgan fingerprint density at radius 2 is 0.329 bits per heavy atom. The largest absolute Gasteiger partial charge is 0.453 e. The van der Waals surface area contributed by atoms with Crippen molar-refractivity contribution in [3.63, 3.8) is 0 Å². The van der Waals surface area contributed by atoms with Crippen LogP contribution in [0.2, 0.25) is 0 Å². The lowest BCUT2D eigenvalue weighted by molar-refractivity contribution is 0.666. The fourth-order valence-corrected chi connectivity index (χ4v) is 22.0. The highest BCUT2D eigenvalue weighted by Crippen LogP contribution is 2.48. The number of fused-ring (bicyclic) bond motifs is 24. The van der Waals surface area contributed by atoms with E-state index in [1.54, 1.807) is 0 Å². The van der Waals surface area contributed by atoms with Gasteiger partial charge in [-0.1, -0.05) is 315 Å². The minimum atomic E-state index is 0.552. The van der Waals surface area contributed by atoms with Crippen LogP contribution in [0, 0.1) is 0 Å². The summed E-state index contributed by atoms with van der Waals surface area (Å²) in [4.78, 5) is 30.3. The van der Waals surface area contributed by atoms with Gasteiger partial charge in [0.05, 0.1) is 88.7 Å². The van der Waals surface area contributed by atoms with Gasteiger partial charge in [-0.25, -0.2) is 29.9 Å². The van der Waals surface area contributed by atoms with Crippen molar-refractivity contribution < 1.29 is 8.83 Å². The Morgan fingerprint density at radius 3 is 0.593 bits per heavy atom. The van der Waals surface area contributed by atoms with Crippen molar-refractivity contribution in [3.05, 3.63) is 461 Å². The Bertz CT molecular complexity index is 9560. The lowest BCUT2D eigenvalue weighted by atomic mass is 10.1. The smallest absolute Gasteiger partial charge is 0.167 e. The van der Waals surface area contributed by atoms with Crippen LogP contribution in [0.1, 0.15) is 0 Å². The highest BCUT2D eigenvalue weighted by atomic mass is 16.3. The first-order valence-corrected chi connectivity index (χ1v) is 47.2. The third-order valence-electron chi connectivity index (χ3n) is 28.2. The summed E-state index contributed by atoms with van der Waals surface area (Å²) in [7, 11) is 0. The van der Waals surface area contributed by atoms with Gasteiger partial charge in [-0.3, -0.25) is 0 Å². The first-order chi connectivity index (χ1) is 69.5. The maximum Gasteiger partial charge on any atom is 0.167 e. The molecule has 14 heteroatoms. The molecular formula is C126H76N12O2. The third kappa shape index (κ3) is 12.1. The number of aromatic nitrogens is 12. The molecule has 0 fully saturated rings. The van der Waals surface area contributed by atoms with Crippen molar-refractivity contribution in [1.29, 1.82) is 0 Å². The Hall–Kier alpha value is -19.2. The average molecular weight is 1790 g/mol. The van der Waals surface area contributed by atoms with Crippen LogP contribution in [0.3, 0.4) is 0 Å². The molecule has 0 aliphatic heterocycles. The third-order valence-corrected chi connectivity index (χ3v) is 28.2. The van der Waals surface area contributed by atoms with Crippen molar-refractivity contribution in [3.8, 4) is 102 Å².